The Bertz CT molecular complexity index is 1170. The molecule has 7 heteroatoms. The molecular formula is C23H26N6O. The smallest absolute Gasteiger partial charge is 0.229 e. The van der Waals surface area contributed by atoms with E-state index in [1.54, 1.807) is 7.11 Å². The van der Waals surface area contributed by atoms with Crippen molar-refractivity contribution in [2.45, 2.75) is 19.9 Å². The number of nitrogens with zero attached hydrogens (tertiary/aromatic N) is 6. The molecule has 0 aliphatic carbocycles. The zero-order valence-electron chi connectivity index (χ0n) is 17.5. The van der Waals surface area contributed by atoms with Gasteiger partial charge in [0.15, 0.2) is 5.65 Å². The lowest BCUT2D eigenvalue weighted by atomic mass is 10.2. The maximum absolute atomic E-state index is 5.27. The van der Waals surface area contributed by atoms with Gasteiger partial charge in [0.2, 0.25) is 5.95 Å². The number of hydrogen-bond acceptors (Lipinski definition) is 6. The Morgan fingerprint density at radius 1 is 0.933 bits per heavy atom. The van der Waals surface area contributed by atoms with Crippen LogP contribution in [0, 0.1) is 6.92 Å². The molecule has 30 heavy (non-hydrogen) atoms. The van der Waals surface area contributed by atoms with Gasteiger partial charge in [-0.25, -0.2) is 9.97 Å². The Kier molecular flexibility index (Phi) is 4.96. The number of para-hydroxylation sites is 1. The van der Waals surface area contributed by atoms with Crippen molar-refractivity contribution in [3.05, 3.63) is 59.9 Å². The van der Waals surface area contributed by atoms with Gasteiger partial charge in [-0.1, -0.05) is 24.3 Å². The zero-order chi connectivity index (χ0) is 20.5. The van der Waals surface area contributed by atoms with Crippen molar-refractivity contribution in [3.8, 4) is 5.75 Å². The summed E-state index contributed by atoms with van der Waals surface area (Å²) in [6, 6.07) is 16.5. The number of methoxy groups -OCH3 is 1. The summed E-state index contributed by atoms with van der Waals surface area (Å²) in [6.45, 7) is 6.80. The van der Waals surface area contributed by atoms with Crippen molar-refractivity contribution in [3.63, 3.8) is 0 Å². The SMILES string of the molecule is COc1ccc(CN2CCCN(c3nc4ccccc4c4nc(C)nn34)CC2)cc1. The number of fused-ring (bicyclic) bond motifs is 3. The van der Waals surface area contributed by atoms with Crippen LogP contribution in [0.3, 0.4) is 0 Å². The molecule has 0 unspecified atom stereocenters. The van der Waals surface area contributed by atoms with Crippen molar-refractivity contribution in [2.24, 2.45) is 0 Å². The van der Waals surface area contributed by atoms with Crippen LogP contribution >= 0.6 is 0 Å². The average molecular weight is 403 g/mol. The van der Waals surface area contributed by atoms with Crippen molar-refractivity contribution in [1.29, 1.82) is 0 Å². The van der Waals surface area contributed by atoms with Gasteiger partial charge < -0.3 is 9.64 Å². The number of benzene rings is 2. The molecule has 0 bridgehead atoms. The molecular weight excluding hydrogens is 376 g/mol. The molecule has 1 aliphatic heterocycles. The molecule has 5 rings (SSSR count). The van der Waals surface area contributed by atoms with Crippen molar-refractivity contribution >= 4 is 22.5 Å². The third-order valence-corrected chi connectivity index (χ3v) is 5.70. The van der Waals surface area contributed by atoms with Gasteiger partial charge in [-0.3, -0.25) is 4.90 Å². The number of aryl methyl sites for hydroxylation is 1. The molecule has 3 heterocycles. The molecule has 2 aromatic heterocycles. The Balaban J connectivity index is 1.39. The fourth-order valence-electron chi connectivity index (χ4n) is 4.17. The molecule has 7 nitrogen and oxygen atoms in total. The van der Waals surface area contributed by atoms with E-state index >= 15 is 0 Å². The first-order chi connectivity index (χ1) is 14.7. The molecule has 1 aliphatic rings. The molecule has 2 aromatic carbocycles. The average Bonchev–Trinajstić information content (AvgIpc) is 3.02. The summed E-state index contributed by atoms with van der Waals surface area (Å²) in [5, 5.41) is 5.69. The van der Waals surface area contributed by atoms with E-state index in [2.05, 4.69) is 44.1 Å². The summed E-state index contributed by atoms with van der Waals surface area (Å²) in [5.74, 6) is 2.55. The first-order valence-electron chi connectivity index (χ1n) is 10.4. The summed E-state index contributed by atoms with van der Waals surface area (Å²) < 4.78 is 7.18. The number of ether oxygens (including phenoxy) is 1. The number of hydrogen-bond donors (Lipinski definition) is 0. The molecule has 0 N–H and O–H groups in total. The van der Waals surface area contributed by atoms with Crippen LogP contribution < -0.4 is 9.64 Å². The van der Waals surface area contributed by atoms with E-state index in [1.807, 2.05) is 35.7 Å². The molecule has 1 fully saturated rings. The molecule has 0 amide bonds. The summed E-state index contributed by atoms with van der Waals surface area (Å²) in [5.41, 5.74) is 3.15. The molecule has 0 radical (unpaired) electrons. The summed E-state index contributed by atoms with van der Waals surface area (Å²) >= 11 is 0. The van der Waals surface area contributed by atoms with Gasteiger partial charge in [0, 0.05) is 38.1 Å². The van der Waals surface area contributed by atoms with Crippen molar-refractivity contribution in [1.82, 2.24) is 24.5 Å². The van der Waals surface area contributed by atoms with Crippen LogP contribution in [0.5, 0.6) is 5.75 Å². The third-order valence-electron chi connectivity index (χ3n) is 5.70. The number of rotatable bonds is 4. The molecule has 0 atom stereocenters. The zero-order valence-corrected chi connectivity index (χ0v) is 17.5. The fourth-order valence-corrected chi connectivity index (χ4v) is 4.17. The maximum atomic E-state index is 5.27. The van der Waals surface area contributed by atoms with E-state index in [0.29, 0.717) is 0 Å². The second-order valence-corrected chi connectivity index (χ2v) is 7.79. The predicted molar refractivity (Wildman–Crippen MR) is 118 cm³/mol. The largest absolute Gasteiger partial charge is 0.497 e. The van der Waals surface area contributed by atoms with Crippen LogP contribution in [0.15, 0.2) is 48.5 Å². The minimum atomic E-state index is 0.769. The predicted octanol–water partition coefficient (Wildman–Crippen LogP) is 3.31. The van der Waals surface area contributed by atoms with Gasteiger partial charge in [-0.05, 0) is 43.2 Å². The lowest BCUT2D eigenvalue weighted by Crippen LogP contribution is -2.32. The monoisotopic (exact) mass is 402 g/mol. The van der Waals surface area contributed by atoms with Crippen LogP contribution in [-0.4, -0.2) is 57.8 Å². The minimum Gasteiger partial charge on any atom is -0.497 e. The number of anilines is 1. The van der Waals surface area contributed by atoms with E-state index in [4.69, 9.17) is 9.72 Å². The highest BCUT2D eigenvalue weighted by molar-refractivity contribution is 5.92. The van der Waals surface area contributed by atoms with Crippen LogP contribution in [0.1, 0.15) is 17.8 Å². The topological polar surface area (TPSA) is 58.8 Å². The van der Waals surface area contributed by atoms with Gasteiger partial charge in [0.05, 0.1) is 12.6 Å². The van der Waals surface area contributed by atoms with Crippen LogP contribution in [0.2, 0.25) is 0 Å². The first kappa shape index (κ1) is 18.8. The maximum Gasteiger partial charge on any atom is 0.229 e. The highest BCUT2D eigenvalue weighted by Gasteiger charge is 2.21. The molecule has 0 saturated carbocycles. The van der Waals surface area contributed by atoms with E-state index in [1.165, 1.54) is 5.56 Å². The first-order valence-corrected chi connectivity index (χ1v) is 10.4. The lowest BCUT2D eigenvalue weighted by molar-refractivity contribution is 0.285. The quantitative estimate of drug-likeness (QED) is 0.522. The van der Waals surface area contributed by atoms with Gasteiger partial charge in [-0.2, -0.15) is 4.52 Å². The fraction of sp³-hybridized carbons (Fsp3) is 0.348. The summed E-state index contributed by atoms with van der Waals surface area (Å²) in [4.78, 5) is 14.5. The molecule has 4 aromatic rings. The second kappa shape index (κ2) is 7.91. The number of aromatic nitrogens is 4. The third kappa shape index (κ3) is 3.57. The Hall–Kier alpha value is -3.19. The van der Waals surface area contributed by atoms with E-state index in [-0.39, 0.29) is 0 Å². The Morgan fingerprint density at radius 3 is 2.60 bits per heavy atom. The molecule has 0 spiro atoms. The van der Waals surface area contributed by atoms with Gasteiger partial charge in [-0.15, -0.1) is 5.10 Å². The van der Waals surface area contributed by atoms with Crippen LogP contribution in [0.25, 0.3) is 16.6 Å². The summed E-state index contributed by atoms with van der Waals surface area (Å²) in [6.07, 6.45) is 1.08. The second-order valence-electron chi connectivity index (χ2n) is 7.79. The van der Waals surface area contributed by atoms with Gasteiger partial charge in [0.25, 0.3) is 0 Å². The van der Waals surface area contributed by atoms with Crippen molar-refractivity contribution < 1.29 is 4.74 Å². The Morgan fingerprint density at radius 2 is 1.77 bits per heavy atom. The van der Waals surface area contributed by atoms with Gasteiger partial charge >= 0.3 is 0 Å². The highest BCUT2D eigenvalue weighted by Crippen LogP contribution is 2.24. The van der Waals surface area contributed by atoms with Crippen molar-refractivity contribution in [2.75, 3.05) is 38.2 Å². The van der Waals surface area contributed by atoms with E-state index in [0.717, 1.165) is 73.2 Å². The van der Waals surface area contributed by atoms with Crippen LogP contribution in [-0.2, 0) is 6.54 Å². The van der Waals surface area contributed by atoms with E-state index < -0.39 is 0 Å². The van der Waals surface area contributed by atoms with E-state index in [9.17, 15) is 0 Å². The lowest BCUT2D eigenvalue weighted by Gasteiger charge is -2.23. The van der Waals surface area contributed by atoms with Gasteiger partial charge in [0.1, 0.15) is 11.6 Å². The molecule has 154 valence electrons. The molecule has 1 saturated heterocycles. The standard InChI is InChI=1S/C23H26N6O/c1-17-24-22-20-6-3-4-7-21(20)25-23(29(22)26-17)28-13-5-12-27(14-15-28)16-18-8-10-19(30-2)11-9-18/h3-4,6-11H,5,12-16H2,1-2H3. The Labute approximate surface area is 175 Å². The van der Waals surface area contributed by atoms with Crippen LogP contribution in [0.4, 0.5) is 5.95 Å². The highest BCUT2D eigenvalue weighted by atomic mass is 16.5. The normalized spacial score (nSPS) is 15.6. The minimum absolute atomic E-state index is 0.769. The summed E-state index contributed by atoms with van der Waals surface area (Å²) in [7, 11) is 1.70.